The smallest absolute Gasteiger partial charge is 0.329 e. The second-order valence-electron chi connectivity index (χ2n) is 8.09. The number of rotatable bonds is 7. The fourth-order valence-corrected chi connectivity index (χ4v) is 4.04. The molecule has 4 rings (SSSR count). The number of carbonyl (C=O) groups excluding carboxylic acids is 1. The monoisotopic (exact) mass is 428 g/mol. The fourth-order valence-electron chi connectivity index (χ4n) is 4.04. The number of hydrogen-bond acceptors (Lipinski definition) is 7. The average molecular weight is 428 g/mol. The van der Waals surface area contributed by atoms with Crippen LogP contribution in [0.2, 0.25) is 0 Å². The van der Waals surface area contributed by atoms with Crippen LogP contribution in [0.5, 0.6) is 0 Å². The number of benzene rings is 1. The maximum Gasteiger partial charge on any atom is 0.329 e. The van der Waals surface area contributed by atoms with E-state index in [-0.39, 0.29) is 18.6 Å². The normalized spacial score (nSPS) is 22.1. The van der Waals surface area contributed by atoms with Crippen molar-refractivity contribution in [3.8, 4) is 0 Å². The van der Waals surface area contributed by atoms with Crippen LogP contribution < -0.4 is 0 Å². The van der Waals surface area contributed by atoms with Gasteiger partial charge >= 0.3 is 5.97 Å². The van der Waals surface area contributed by atoms with Gasteiger partial charge < -0.3 is 19.6 Å². The summed E-state index contributed by atoms with van der Waals surface area (Å²) in [7, 11) is 0. The summed E-state index contributed by atoms with van der Waals surface area (Å²) in [5.74, 6) is -1.06. The predicted molar refractivity (Wildman–Crippen MR) is 114 cm³/mol. The van der Waals surface area contributed by atoms with Gasteiger partial charge in [0.15, 0.2) is 0 Å². The molecule has 0 bridgehead atoms. The molecule has 3 aliphatic rings. The Balaban J connectivity index is 1.25. The molecule has 0 saturated carbocycles. The van der Waals surface area contributed by atoms with Gasteiger partial charge in [0.25, 0.3) is 5.91 Å². The van der Waals surface area contributed by atoms with Crippen molar-refractivity contribution in [2.75, 3.05) is 32.8 Å². The number of hydrogen-bond donors (Lipinski definition) is 1. The van der Waals surface area contributed by atoms with Gasteiger partial charge in [-0.05, 0) is 36.8 Å². The number of ether oxygens (including phenoxy) is 1. The third kappa shape index (κ3) is 5.61. The van der Waals surface area contributed by atoms with E-state index in [1.54, 1.807) is 4.90 Å². The summed E-state index contributed by atoms with van der Waals surface area (Å²) < 4.78 is 5.33. The summed E-state index contributed by atoms with van der Waals surface area (Å²) in [4.78, 5) is 30.6. The number of carbonyl (C=O) groups is 2. The highest BCUT2D eigenvalue weighted by Gasteiger charge is 2.34. The van der Waals surface area contributed by atoms with Gasteiger partial charge in [0.1, 0.15) is 6.61 Å². The minimum atomic E-state index is -0.977. The van der Waals surface area contributed by atoms with Crippen molar-refractivity contribution in [3.05, 3.63) is 35.4 Å². The highest BCUT2D eigenvalue weighted by atomic mass is 16.6. The molecule has 1 N–H and O–H groups in total. The molecule has 9 nitrogen and oxygen atoms in total. The van der Waals surface area contributed by atoms with Crippen molar-refractivity contribution in [1.29, 1.82) is 0 Å². The molecule has 2 fully saturated rings. The number of piperidine rings is 1. The third-order valence-electron chi connectivity index (χ3n) is 5.84. The molecule has 166 valence electrons. The number of carboxylic acids is 1. The largest absolute Gasteiger partial charge is 0.480 e. The van der Waals surface area contributed by atoms with Crippen LogP contribution in [0.1, 0.15) is 43.2 Å². The molecule has 0 radical (unpaired) electrons. The Morgan fingerprint density at radius 2 is 1.87 bits per heavy atom. The van der Waals surface area contributed by atoms with E-state index < -0.39 is 12.1 Å². The molecule has 3 aliphatic heterocycles. The number of hydrazone groups is 1. The summed E-state index contributed by atoms with van der Waals surface area (Å²) in [5.41, 5.74) is 2.73. The molecule has 0 spiro atoms. The fraction of sp³-hybridized carbons (Fsp3) is 0.545. The number of carboxylic acid groups (broad SMARTS) is 1. The molecule has 1 aromatic carbocycles. The maximum atomic E-state index is 12.8. The molecule has 9 heteroatoms. The summed E-state index contributed by atoms with van der Waals surface area (Å²) in [6.07, 6.45) is 5.24. The quantitative estimate of drug-likeness (QED) is 0.663. The summed E-state index contributed by atoms with van der Waals surface area (Å²) in [6.45, 7) is 2.80. The number of nitrogens with zero attached hydrogens (tertiary/aromatic N) is 4. The second kappa shape index (κ2) is 9.91. The predicted octanol–water partition coefficient (Wildman–Crippen LogP) is 1.70. The van der Waals surface area contributed by atoms with Gasteiger partial charge in [0.05, 0.1) is 18.0 Å². The van der Waals surface area contributed by atoms with Crippen molar-refractivity contribution in [1.82, 2.24) is 9.91 Å². The van der Waals surface area contributed by atoms with Crippen LogP contribution in [0.15, 0.2) is 34.5 Å². The lowest BCUT2D eigenvalue weighted by Gasteiger charge is -2.32. The molecule has 1 unspecified atom stereocenters. The van der Waals surface area contributed by atoms with Crippen LogP contribution in [-0.4, -0.2) is 83.8 Å². The van der Waals surface area contributed by atoms with Crippen LogP contribution in [0.3, 0.4) is 0 Å². The first-order valence-corrected chi connectivity index (χ1v) is 10.8. The number of oxime groups is 1. The lowest BCUT2D eigenvalue weighted by atomic mass is 10.0. The van der Waals surface area contributed by atoms with Gasteiger partial charge in [-0.15, -0.1) is 0 Å². The molecule has 1 atom stereocenters. The van der Waals surface area contributed by atoms with Gasteiger partial charge in [0, 0.05) is 32.6 Å². The number of aliphatic carboxylic acids is 1. The van der Waals surface area contributed by atoms with Crippen LogP contribution in [0.4, 0.5) is 0 Å². The van der Waals surface area contributed by atoms with Crippen molar-refractivity contribution in [2.24, 2.45) is 10.3 Å². The van der Waals surface area contributed by atoms with Crippen LogP contribution in [0.25, 0.3) is 0 Å². The Labute approximate surface area is 181 Å². The topological polar surface area (TPSA) is 104 Å². The van der Waals surface area contributed by atoms with E-state index in [9.17, 15) is 9.59 Å². The molecular weight excluding hydrogens is 400 g/mol. The number of likely N-dealkylation sites (tertiary alicyclic amines) is 1. The third-order valence-corrected chi connectivity index (χ3v) is 5.84. The van der Waals surface area contributed by atoms with Gasteiger partial charge in [-0.25, -0.2) is 4.79 Å². The SMILES string of the molecule is O=C(O)COC1CCN(C(=O)C2CC(c3ccc(C=NN4CCCC4)cc3)=NO2)CC1. The molecule has 1 aromatic rings. The van der Waals surface area contributed by atoms with E-state index in [4.69, 9.17) is 14.7 Å². The van der Waals surface area contributed by atoms with Crippen molar-refractivity contribution < 1.29 is 24.3 Å². The average Bonchev–Trinajstić information content (AvgIpc) is 3.49. The lowest BCUT2D eigenvalue weighted by Crippen LogP contribution is -2.45. The van der Waals surface area contributed by atoms with E-state index in [1.807, 2.05) is 30.5 Å². The zero-order chi connectivity index (χ0) is 21.6. The highest BCUT2D eigenvalue weighted by molar-refractivity contribution is 6.04. The van der Waals surface area contributed by atoms with E-state index in [2.05, 4.69) is 15.3 Å². The lowest BCUT2D eigenvalue weighted by molar-refractivity contribution is -0.149. The molecule has 0 aliphatic carbocycles. The van der Waals surface area contributed by atoms with E-state index >= 15 is 0 Å². The first kappa shape index (κ1) is 21.3. The van der Waals surface area contributed by atoms with E-state index in [0.717, 1.165) is 29.9 Å². The van der Waals surface area contributed by atoms with Crippen molar-refractivity contribution in [3.63, 3.8) is 0 Å². The van der Waals surface area contributed by atoms with Gasteiger partial charge in [-0.1, -0.05) is 29.4 Å². The van der Waals surface area contributed by atoms with Gasteiger partial charge in [-0.2, -0.15) is 5.10 Å². The zero-order valence-corrected chi connectivity index (χ0v) is 17.5. The molecule has 31 heavy (non-hydrogen) atoms. The molecular formula is C22H28N4O5. The van der Waals surface area contributed by atoms with E-state index in [1.165, 1.54) is 12.8 Å². The van der Waals surface area contributed by atoms with Gasteiger partial charge in [-0.3, -0.25) is 9.80 Å². The zero-order valence-electron chi connectivity index (χ0n) is 17.5. The highest BCUT2D eigenvalue weighted by Crippen LogP contribution is 2.21. The second-order valence-corrected chi connectivity index (χ2v) is 8.09. The summed E-state index contributed by atoms with van der Waals surface area (Å²) in [5, 5.41) is 19.4. The van der Waals surface area contributed by atoms with Crippen LogP contribution in [-0.2, 0) is 19.2 Å². The Kier molecular flexibility index (Phi) is 6.81. The minimum Gasteiger partial charge on any atom is -0.480 e. The minimum absolute atomic E-state index is 0.0789. The Morgan fingerprint density at radius 1 is 1.16 bits per heavy atom. The Bertz CT molecular complexity index is 840. The Morgan fingerprint density at radius 3 is 2.55 bits per heavy atom. The molecule has 2 saturated heterocycles. The first-order chi connectivity index (χ1) is 15.1. The van der Waals surface area contributed by atoms with Crippen LogP contribution >= 0.6 is 0 Å². The van der Waals surface area contributed by atoms with E-state index in [0.29, 0.717) is 32.4 Å². The first-order valence-electron chi connectivity index (χ1n) is 10.8. The van der Waals surface area contributed by atoms with Crippen molar-refractivity contribution >= 4 is 23.8 Å². The molecule has 0 aromatic heterocycles. The maximum absolute atomic E-state index is 12.8. The Hall–Kier alpha value is -2.94. The molecule has 1 amide bonds. The summed E-state index contributed by atoms with van der Waals surface area (Å²) in [6, 6.07) is 7.94. The molecule has 3 heterocycles. The standard InChI is InChI=1S/C22H28N4O5/c27-21(28)15-30-18-7-11-25(12-8-18)22(29)20-13-19(24-31-20)17-5-3-16(4-6-17)14-23-26-9-1-2-10-26/h3-6,14,18,20H,1-2,7-13,15H2,(H,27,28). The number of amides is 1. The summed E-state index contributed by atoms with van der Waals surface area (Å²) >= 11 is 0. The van der Waals surface area contributed by atoms with Crippen LogP contribution in [0, 0.1) is 0 Å². The van der Waals surface area contributed by atoms with Gasteiger partial charge in [0.2, 0.25) is 6.10 Å². The van der Waals surface area contributed by atoms with Crippen molar-refractivity contribution in [2.45, 2.75) is 44.3 Å².